The summed E-state index contributed by atoms with van der Waals surface area (Å²) in [7, 11) is 0. The summed E-state index contributed by atoms with van der Waals surface area (Å²) in [6.45, 7) is 2.05. The summed E-state index contributed by atoms with van der Waals surface area (Å²) in [6, 6.07) is 14.6. The lowest BCUT2D eigenvalue weighted by Gasteiger charge is -2.05. The first-order valence-corrected chi connectivity index (χ1v) is 7.63. The van der Waals surface area contributed by atoms with E-state index in [0.717, 1.165) is 23.4 Å². The number of hydrogen-bond acceptors (Lipinski definition) is 3. The maximum Gasteiger partial charge on any atom is 0.155 e. The minimum absolute atomic E-state index is 0.587. The van der Waals surface area contributed by atoms with Gasteiger partial charge in [0.1, 0.15) is 5.69 Å². The Bertz CT molecular complexity index is 848. The normalized spacial score (nSPS) is 13.3. The molecule has 0 spiro atoms. The molecular weight excluding hydrogens is 272 g/mol. The first-order chi connectivity index (χ1) is 10.7. The van der Waals surface area contributed by atoms with Crippen molar-refractivity contribution in [3.63, 3.8) is 0 Å². The van der Waals surface area contributed by atoms with Crippen molar-refractivity contribution < 1.29 is 0 Å². The zero-order valence-corrected chi connectivity index (χ0v) is 12.6. The Morgan fingerprint density at radius 1 is 1.05 bits per heavy atom. The quantitative estimate of drug-likeness (QED) is 0.787. The third kappa shape index (κ3) is 2.08. The van der Waals surface area contributed by atoms with Crippen molar-refractivity contribution in [2.75, 3.05) is 5.73 Å². The average molecular weight is 290 g/mol. The molecule has 0 saturated carbocycles. The molecule has 0 fully saturated rings. The van der Waals surface area contributed by atoms with Gasteiger partial charge in [-0.1, -0.05) is 29.5 Å². The molecule has 4 heteroatoms. The summed E-state index contributed by atoms with van der Waals surface area (Å²) in [4.78, 5) is 0. The monoisotopic (exact) mass is 290 g/mol. The van der Waals surface area contributed by atoms with Crippen LogP contribution >= 0.6 is 0 Å². The fraction of sp³-hybridized carbons (Fsp3) is 0.222. The van der Waals surface area contributed by atoms with Crippen LogP contribution in [0.2, 0.25) is 0 Å². The molecule has 1 aromatic heterocycles. The Labute approximate surface area is 129 Å². The number of nitrogens with two attached hydrogens (primary N) is 1. The summed E-state index contributed by atoms with van der Waals surface area (Å²) < 4.78 is 1.70. The molecule has 2 N–H and O–H groups in total. The zero-order chi connectivity index (χ0) is 15.1. The lowest BCUT2D eigenvalue weighted by molar-refractivity contribution is 0.810. The van der Waals surface area contributed by atoms with Gasteiger partial charge >= 0.3 is 0 Å². The summed E-state index contributed by atoms with van der Waals surface area (Å²) >= 11 is 0. The second-order valence-electron chi connectivity index (χ2n) is 5.91. The molecule has 1 aliphatic carbocycles. The number of aromatic nitrogens is 3. The van der Waals surface area contributed by atoms with E-state index in [4.69, 9.17) is 5.73 Å². The standard InChI is InChI=1S/C18H18N4/c1-12-4-2-7-16(10-12)22-18(19)17(20-21-22)15-9-8-13-5-3-6-14(13)11-15/h2,4,7-11H,3,5-6,19H2,1H3. The topological polar surface area (TPSA) is 56.7 Å². The molecule has 0 bridgehead atoms. The van der Waals surface area contributed by atoms with Gasteiger partial charge in [-0.2, -0.15) is 4.68 Å². The van der Waals surface area contributed by atoms with Crippen molar-refractivity contribution >= 4 is 5.82 Å². The van der Waals surface area contributed by atoms with Gasteiger partial charge in [-0.25, -0.2) is 0 Å². The maximum atomic E-state index is 6.30. The van der Waals surface area contributed by atoms with Crippen molar-refractivity contribution in [3.8, 4) is 16.9 Å². The predicted octanol–water partition coefficient (Wildman–Crippen LogP) is 3.31. The third-order valence-electron chi connectivity index (χ3n) is 4.32. The van der Waals surface area contributed by atoms with Crippen LogP contribution in [0.25, 0.3) is 16.9 Å². The van der Waals surface area contributed by atoms with Crippen LogP contribution in [0.4, 0.5) is 5.82 Å². The van der Waals surface area contributed by atoms with E-state index in [1.807, 2.05) is 12.1 Å². The van der Waals surface area contributed by atoms with E-state index in [9.17, 15) is 0 Å². The van der Waals surface area contributed by atoms with Crippen molar-refractivity contribution in [2.24, 2.45) is 0 Å². The number of aryl methyl sites for hydroxylation is 3. The fourth-order valence-electron chi connectivity index (χ4n) is 3.16. The van der Waals surface area contributed by atoms with Crippen LogP contribution in [0.3, 0.4) is 0 Å². The van der Waals surface area contributed by atoms with Gasteiger partial charge in [0.25, 0.3) is 0 Å². The Morgan fingerprint density at radius 2 is 1.91 bits per heavy atom. The zero-order valence-electron chi connectivity index (χ0n) is 12.6. The lowest BCUT2D eigenvalue weighted by Crippen LogP contribution is -2.02. The highest BCUT2D eigenvalue weighted by Crippen LogP contribution is 2.30. The number of benzene rings is 2. The van der Waals surface area contributed by atoms with Crippen LogP contribution in [0.5, 0.6) is 0 Å². The Balaban J connectivity index is 1.78. The average Bonchev–Trinajstić information content (AvgIpc) is 3.12. The lowest BCUT2D eigenvalue weighted by atomic mass is 10.0. The van der Waals surface area contributed by atoms with Crippen molar-refractivity contribution in [1.29, 1.82) is 0 Å². The van der Waals surface area contributed by atoms with Crippen LogP contribution < -0.4 is 5.73 Å². The van der Waals surface area contributed by atoms with E-state index >= 15 is 0 Å². The van der Waals surface area contributed by atoms with Gasteiger partial charge in [-0.3, -0.25) is 0 Å². The Hall–Kier alpha value is -2.62. The van der Waals surface area contributed by atoms with Gasteiger partial charge in [0, 0.05) is 5.56 Å². The Morgan fingerprint density at radius 3 is 2.77 bits per heavy atom. The highest BCUT2D eigenvalue weighted by Gasteiger charge is 2.16. The highest BCUT2D eigenvalue weighted by atomic mass is 15.5. The van der Waals surface area contributed by atoms with Gasteiger partial charge in [0.2, 0.25) is 0 Å². The SMILES string of the molecule is Cc1cccc(-n2nnc(-c3ccc4c(c3)CCC4)c2N)c1. The minimum atomic E-state index is 0.587. The summed E-state index contributed by atoms with van der Waals surface area (Å²) in [5, 5.41) is 8.54. The van der Waals surface area contributed by atoms with Crippen LogP contribution in [0.1, 0.15) is 23.1 Å². The molecular formula is C18H18N4. The molecule has 0 aliphatic heterocycles. The second kappa shape index (κ2) is 4.98. The largest absolute Gasteiger partial charge is 0.382 e. The van der Waals surface area contributed by atoms with Crippen molar-refractivity contribution in [1.82, 2.24) is 15.0 Å². The molecule has 4 rings (SSSR count). The van der Waals surface area contributed by atoms with Gasteiger partial charge in [0.05, 0.1) is 5.69 Å². The molecule has 110 valence electrons. The number of fused-ring (bicyclic) bond motifs is 1. The van der Waals surface area contributed by atoms with Gasteiger partial charge in [0.15, 0.2) is 5.82 Å². The molecule has 4 nitrogen and oxygen atoms in total. The van der Waals surface area contributed by atoms with E-state index < -0.39 is 0 Å². The molecule has 1 heterocycles. The number of anilines is 1. The smallest absolute Gasteiger partial charge is 0.155 e. The van der Waals surface area contributed by atoms with Crippen molar-refractivity contribution in [2.45, 2.75) is 26.2 Å². The van der Waals surface area contributed by atoms with E-state index in [0.29, 0.717) is 5.82 Å². The van der Waals surface area contributed by atoms with E-state index in [1.165, 1.54) is 29.5 Å². The number of rotatable bonds is 2. The fourth-order valence-corrected chi connectivity index (χ4v) is 3.16. The molecule has 0 atom stereocenters. The molecule has 0 radical (unpaired) electrons. The molecule has 3 aromatic rings. The highest BCUT2D eigenvalue weighted by molar-refractivity contribution is 5.72. The second-order valence-corrected chi connectivity index (χ2v) is 5.91. The van der Waals surface area contributed by atoms with Gasteiger partial charge in [-0.05, 0) is 61.1 Å². The summed E-state index contributed by atoms with van der Waals surface area (Å²) in [5.41, 5.74) is 13.1. The molecule has 0 saturated heterocycles. The van der Waals surface area contributed by atoms with Crippen LogP contribution in [-0.4, -0.2) is 15.0 Å². The number of nitrogen functional groups attached to an aromatic ring is 1. The van der Waals surface area contributed by atoms with Crippen molar-refractivity contribution in [3.05, 3.63) is 59.2 Å². The molecule has 0 amide bonds. The van der Waals surface area contributed by atoms with Crippen LogP contribution in [-0.2, 0) is 12.8 Å². The van der Waals surface area contributed by atoms with E-state index in [-0.39, 0.29) is 0 Å². The van der Waals surface area contributed by atoms with Gasteiger partial charge < -0.3 is 5.73 Å². The molecule has 0 unspecified atom stereocenters. The molecule has 22 heavy (non-hydrogen) atoms. The van der Waals surface area contributed by atoms with E-state index in [1.54, 1.807) is 4.68 Å². The number of hydrogen-bond donors (Lipinski definition) is 1. The maximum absolute atomic E-state index is 6.30. The van der Waals surface area contributed by atoms with Crippen LogP contribution in [0.15, 0.2) is 42.5 Å². The predicted molar refractivity (Wildman–Crippen MR) is 88.0 cm³/mol. The third-order valence-corrected chi connectivity index (χ3v) is 4.32. The van der Waals surface area contributed by atoms with Crippen LogP contribution in [0, 0.1) is 6.92 Å². The first kappa shape index (κ1) is 13.1. The van der Waals surface area contributed by atoms with Gasteiger partial charge in [-0.15, -0.1) is 5.10 Å². The minimum Gasteiger partial charge on any atom is -0.382 e. The number of nitrogens with zero attached hydrogens (tertiary/aromatic N) is 3. The summed E-state index contributed by atoms with van der Waals surface area (Å²) in [5.74, 6) is 0.587. The molecule has 2 aromatic carbocycles. The molecule has 1 aliphatic rings. The Kier molecular flexibility index (Phi) is 2.96. The summed E-state index contributed by atoms with van der Waals surface area (Å²) in [6.07, 6.45) is 3.57. The first-order valence-electron chi connectivity index (χ1n) is 7.63. The van der Waals surface area contributed by atoms with E-state index in [2.05, 4.69) is 47.6 Å².